The molecule has 0 aliphatic heterocycles. The summed E-state index contributed by atoms with van der Waals surface area (Å²) in [5, 5.41) is 2.79. The van der Waals surface area contributed by atoms with Gasteiger partial charge < -0.3 is 10.2 Å². The summed E-state index contributed by atoms with van der Waals surface area (Å²) in [7, 11) is 0. The van der Waals surface area contributed by atoms with Crippen molar-refractivity contribution in [2.45, 2.75) is 13.8 Å². The lowest BCUT2D eigenvalue weighted by Crippen LogP contribution is -2.16. The van der Waals surface area contributed by atoms with E-state index in [1.807, 2.05) is 42.6 Å². The third-order valence-electron chi connectivity index (χ3n) is 2.75. The Hall–Kier alpha value is -2.36. The van der Waals surface area contributed by atoms with Gasteiger partial charge in [-0.2, -0.15) is 0 Å². The van der Waals surface area contributed by atoms with E-state index in [1.54, 1.807) is 6.20 Å². The van der Waals surface area contributed by atoms with Crippen LogP contribution in [0, 0.1) is 0 Å². The molecule has 1 aromatic carbocycles. The quantitative estimate of drug-likeness (QED) is 0.912. The van der Waals surface area contributed by atoms with Crippen LogP contribution in [0.4, 0.5) is 17.1 Å². The van der Waals surface area contributed by atoms with E-state index in [4.69, 9.17) is 0 Å². The first-order chi connectivity index (χ1) is 9.20. The van der Waals surface area contributed by atoms with Gasteiger partial charge in [-0.05, 0) is 37.3 Å². The second kappa shape index (κ2) is 6.00. The molecule has 2 rings (SSSR count). The molecule has 4 heteroatoms. The van der Waals surface area contributed by atoms with Gasteiger partial charge in [0.1, 0.15) is 0 Å². The molecule has 1 amide bonds. The molecular formula is C15H17N3O. The zero-order chi connectivity index (χ0) is 13.7. The van der Waals surface area contributed by atoms with E-state index in [2.05, 4.69) is 22.1 Å². The molecule has 0 saturated heterocycles. The molecule has 1 N–H and O–H groups in total. The Bertz CT molecular complexity index is 554. The zero-order valence-corrected chi connectivity index (χ0v) is 11.1. The summed E-state index contributed by atoms with van der Waals surface area (Å²) in [6, 6.07) is 11.7. The molecule has 19 heavy (non-hydrogen) atoms. The van der Waals surface area contributed by atoms with E-state index < -0.39 is 0 Å². The number of aromatic nitrogens is 1. The number of anilines is 3. The molecule has 2 aromatic rings. The number of hydrogen-bond acceptors (Lipinski definition) is 3. The van der Waals surface area contributed by atoms with Crippen molar-refractivity contribution < 1.29 is 4.79 Å². The molecule has 0 radical (unpaired) electrons. The maximum absolute atomic E-state index is 11.1. The standard InChI is InChI=1S/C15H17N3O/c1-3-18(15-8-5-9-16-11-15)14-7-4-6-13(10-14)17-12(2)19/h4-11H,3H2,1-2H3,(H,17,19). The van der Waals surface area contributed by atoms with Crippen LogP contribution in [0.3, 0.4) is 0 Å². The third-order valence-corrected chi connectivity index (χ3v) is 2.75. The van der Waals surface area contributed by atoms with Crippen LogP contribution in [0.5, 0.6) is 0 Å². The van der Waals surface area contributed by atoms with Crippen molar-refractivity contribution in [3.63, 3.8) is 0 Å². The molecule has 0 unspecified atom stereocenters. The Kier molecular flexibility index (Phi) is 4.13. The van der Waals surface area contributed by atoms with Gasteiger partial charge in [0.2, 0.25) is 5.91 Å². The minimum absolute atomic E-state index is 0.0680. The lowest BCUT2D eigenvalue weighted by Gasteiger charge is -2.23. The van der Waals surface area contributed by atoms with Gasteiger partial charge in [-0.25, -0.2) is 0 Å². The number of carbonyl (C=O) groups excluding carboxylic acids is 1. The molecule has 4 nitrogen and oxygen atoms in total. The van der Waals surface area contributed by atoms with E-state index in [1.165, 1.54) is 6.92 Å². The second-order valence-electron chi connectivity index (χ2n) is 4.19. The molecule has 0 fully saturated rings. The lowest BCUT2D eigenvalue weighted by atomic mass is 10.2. The maximum atomic E-state index is 11.1. The van der Waals surface area contributed by atoms with Gasteiger partial charge in [0.05, 0.1) is 11.9 Å². The van der Waals surface area contributed by atoms with Crippen LogP contribution in [-0.2, 0) is 4.79 Å². The van der Waals surface area contributed by atoms with Gasteiger partial charge in [-0.1, -0.05) is 6.07 Å². The fourth-order valence-electron chi connectivity index (χ4n) is 1.98. The topological polar surface area (TPSA) is 45.2 Å². The Morgan fingerprint density at radius 1 is 1.26 bits per heavy atom. The predicted octanol–water partition coefficient (Wildman–Crippen LogP) is 3.20. The number of carbonyl (C=O) groups is 1. The molecule has 0 saturated carbocycles. The average Bonchev–Trinajstić information content (AvgIpc) is 2.40. The van der Waals surface area contributed by atoms with Crippen molar-refractivity contribution in [1.29, 1.82) is 0 Å². The van der Waals surface area contributed by atoms with E-state index >= 15 is 0 Å². The summed E-state index contributed by atoms with van der Waals surface area (Å²) in [4.78, 5) is 17.4. The Morgan fingerprint density at radius 3 is 2.68 bits per heavy atom. The van der Waals surface area contributed by atoms with Crippen molar-refractivity contribution in [2.24, 2.45) is 0 Å². The number of pyridine rings is 1. The summed E-state index contributed by atoms with van der Waals surface area (Å²) < 4.78 is 0. The first-order valence-electron chi connectivity index (χ1n) is 6.26. The Labute approximate surface area is 113 Å². The van der Waals surface area contributed by atoms with Gasteiger partial charge in [-0.15, -0.1) is 0 Å². The summed E-state index contributed by atoms with van der Waals surface area (Å²) >= 11 is 0. The fourth-order valence-corrected chi connectivity index (χ4v) is 1.98. The summed E-state index contributed by atoms with van der Waals surface area (Å²) in [5.41, 5.74) is 2.86. The van der Waals surface area contributed by atoms with Crippen molar-refractivity contribution in [1.82, 2.24) is 4.98 Å². The van der Waals surface area contributed by atoms with Crippen LogP contribution < -0.4 is 10.2 Å². The molecule has 0 atom stereocenters. The highest BCUT2D eigenvalue weighted by molar-refractivity contribution is 5.89. The van der Waals surface area contributed by atoms with Gasteiger partial charge in [0.15, 0.2) is 0 Å². The summed E-state index contributed by atoms with van der Waals surface area (Å²) in [6.45, 7) is 4.42. The van der Waals surface area contributed by atoms with Gasteiger partial charge in [0, 0.05) is 31.0 Å². The highest BCUT2D eigenvalue weighted by Gasteiger charge is 2.07. The molecule has 0 aliphatic carbocycles. The third kappa shape index (κ3) is 3.31. The molecule has 0 spiro atoms. The minimum Gasteiger partial charge on any atom is -0.340 e. The fraction of sp³-hybridized carbons (Fsp3) is 0.200. The van der Waals surface area contributed by atoms with Gasteiger partial charge >= 0.3 is 0 Å². The number of hydrogen-bond donors (Lipinski definition) is 1. The SMILES string of the molecule is CCN(c1cccnc1)c1cccc(NC(C)=O)c1. The molecular weight excluding hydrogens is 238 g/mol. The largest absolute Gasteiger partial charge is 0.340 e. The van der Waals surface area contributed by atoms with E-state index in [9.17, 15) is 4.79 Å². The van der Waals surface area contributed by atoms with Crippen molar-refractivity contribution in [3.8, 4) is 0 Å². The first-order valence-corrected chi connectivity index (χ1v) is 6.26. The normalized spacial score (nSPS) is 10.0. The van der Waals surface area contributed by atoms with Crippen molar-refractivity contribution in [3.05, 3.63) is 48.8 Å². The molecule has 98 valence electrons. The van der Waals surface area contributed by atoms with Crippen LogP contribution in [0.25, 0.3) is 0 Å². The van der Waals surface area contributed by atoms with E-state index in [0.717, 1.165) is 23.6 Å². The predicted molar refractivity (Wildman–Crippen MR) is 77.7 cm³/mol. The van der Waals surface area contributed by atoms with Crippen molar-refractivity contribution >= 4 is 23.0 Å². The Morgan fingerprint density at radius 2 is 2.05 bits per heavy atom. The Balaban J connectivity index is 2.31. The number of benzene rings is 1. The van der Waals surface area contributed by atoms with Gasteiger partial charge in [-0.3, -0.25) is 9.78 Å². The van der Waals surface area contributed by atoms with Gasteiger partial charge in [0.25, 0.3) is 0 Å². The average molecular weight is 255 g/mol. The number of nitrogens with one attached hydrogen (secondary N) is 1. The first kappa shape index (κ1) is 13.1. The second-order valence-corrected chi connectivity index (χ2v) is 4.19. The highest BCUT2D eigenvalue weighted by Crippen LogP contribution is 2.26. The van der Waals surface area contributed by atoms with Crippen LogP contribution in [0.15, 0.2) is 48.8 Å². The van der Waals surface area contributed by atoms with Crippen LogP contribution in [0.2, 0.25) is 0 Å². The van der Waals surface area contributed by atoms with Crippen LogP contribution in [-0.4, -0.2) is 17.4 Å². The maximum Gasteiger partial charge on any atom is 0.221 e. The number of nitrogens with zero attached hydrogens (tertiary/aromatic N) is 2. The van der Waals surface area contributed by atoms with E-state index in [-0.39, 0.29) is 5.91 Å². The summed E-state index contributed by atoms with van der Waals surface area (Å²) in [6.07, 6.45) is 3.58. The zero-order valence-electron chi connectivity index (χ0n) is 11.1. The van der Waals surface area contributed by atoms with Crippen LogP contribution in [0.1, 0.15) is 13.8 Å². The summed E-state index contributed by atoms with van der Waals surface area (Å²) in [5.74, 6) is -0.0680. The molecule has 1 aromatic heterocycles. The highest BCUT2D eigenvalue weighted by atomic mass is 16.1. The molecule has 1 heterocycles. The smallest absolute Gasteiger partial charge is 0.221 e. The number of rotatable bonds is 4. The molecule has 0 aliphatic rings. The lowest BCUT2D eigenvalue weighted by molar-refractivity contribution is -0.114. The van der Waals surface area contributed by atoms with E-state index in [0.29, 0.717) is 0 Å². The molecule has 0 bridgehead atoms. The minimum atomic E-state index is -0.0680. The van der Waals surface area contributed by atoms with Crippen LogP contribution >= 0.6 is 0 Å². The van der Waals surface area contributed by atoms with Crippen molar-refractivity contribution in [2.75, 3.05) is 16.8 Å². The monoisotopic (exact) mass is 255 g/mol. The number of amides is 1.